The SMILES string of the molecule is CN(C)CCCN(C)C(=O)N[C@@H](CCC(=O)O)C(=O)O. The van der Waals surface area contributed by atoms with Crippen LogP contribution in [0.2, 0.25) is 0 Å². The molecule has 0 rings (SSSR count). The molecule has 0 bridgehead atoms. The lowest BCUT2D eigenvalue weighted by atomic mass is 10.1. The molecule has 0 aliphatic heterocycles. The second kappa shape index (κ2) is 9.13. The number of rotatable bonds is 9. The number of hydrogen-bond acceptors (Lipinski definition) is 4. The zero-order chi connectivity index (χ0) is 15.7. The standard InChI is InChI=1S/C12H23N3O5/c1-14(2)7-4-8-15(3)12(20)13-9(11(18)19)5-6-10(16)17/h9H,4-8H2,1-3H3,(H,13,20)(H,16,17)(H,18,19)/t9-/m0/s1. The lowest BCUT2D eigenvalue weighted by molar-refractivity contribution is -0.140. The van der Waals surface area contributed by atoms with E-state index in [4.69, 9.17) is 10.2 Å². The number of carbonyl (C=O) groups excluding carboxylic acids is 1. The van der Waals surface area contributed by atoms with Gasteiger partial charge >= 0.3 is 18.0 Å². The Morgan fingerprint density at radius 1 is 1.10 bits per heavy atom. The van der Waals surface area contributed by atoms with Crippen LogP contribution in [-0.4, -0.2) is 78.3 Å². The normalized spacial score (nSPS) is 12.0. The molecule has 0 aromatic heterocycles. The van der Waals surface area contributed by atoms with E-state index in [-0.39, 0.29) is 12.8 Å². The lowest BCUT2D eigenvalue weighted by Gasteiger charge is -2.21. The van der Waals surface area contributed by atoms with Gasteiger partial charge in [-0.2, -0.15) is 0 Å². The van der Waals surface area contributed by atoms with E-state index >= 15 is 0 Å². The van der Waals surface area contributed by atoms with Gasteiger partial charge in [-0.05, 0) is 33.5 Å². The van der Waals surface area contributed by atoms with E-state index in [1.807, 2.05) is 19.0 Å². The Labute approximate surface area is 118 Å². The summed E-state index contributed by atoms with van der Waals surface area (Å²) in [7, 11) is 5.42. The van der Waals surface area contributed by atoms with Crippen LogP contribution in [0.25, 0.3) is 0 Å². The predicted octanol–water partition coefficient (Wildman–Crippen LogP) is -0.102. The van der Waals surface area contributed by atoms with E-state index in [1.165, 1.54) is 4.90 Å². The molecule has 0 aromatic rings. The van der Waals surface area contributed by atoms with Crippen LogP contribution < -0.4 is 5.32 Å². The van der Waals surface area contributed by atoms with Gasteiger partial charge in [-0.15, -0.1) is 0 Å². The zero-order valence-electron chi connectivity index (χ0n) is 12.1. The fourth-order valence-corrected chi connectivity index (χ4v) is 1.51. The van der Waals surface area contributed by atoms with Crippen LogP contribution in [-0.2, 0) is 9.59 Å². The number of hydrogen-bond donors (Lipinski definition) is 3. The van der Waals surface area contributed by atoms with Gasteiger partial charge < -0.3 is 25.3 Å². The Kier molecular flexibility index (Phi) is 8.30. The Hall–Kier alpha value is -1.83. The lowest BCUT2D eigenvalue weighted by Crippen LogP contribution is -2.47. The quantitative estimate of drug-likeness (QED) is 0.546. The fraction of sp³-hybridized carbons (Fsp3) is 0.750. The zero-order valence-corrected chi connectivity index (χ0v) is 12.1. The van der Waals surface area contributed by atoms with E-state index < -0.39 is 24.0 Å². The first kappa shape index (κ1) is 18.2. The number of aliphatic carboxylic acids is 2. The van der Waals surface area contributed by atoms with Crippen molar-refractivity contribution in [1.82, 2.24) is 15.1 Å². The molecule has 0 unspecified atom stereocenters. The molecule has 8 nitrogen and oxygen atoms in total. The summed E-state index contributed by atoms with van der Waals surface area (Å²) >= 11 is 0. The predicted molar refractivity (Wildman–Crippen MR) is 72.6 cm³/mol. The molecule has 8 heteroatoms. The van der Waals surface area contributed by atoms with Gasteiger partial charge in [0.15, 0.2) is 0 Å². The largest absolute Gasteiger partial charge is 0.481 e. The van der Waals surface area contributed by atoms with E-state index in [9.17, 15) is 14.4 Å². The van der Waals surface area contributed by atoms with E-state index in [2.05, 4.69) is 5.32 Å². The molecule has 20 heavy (non-hydrogen) atoms. The molecular weight excluding hydrogens is 266 g/mol. The van der Waals surface area contributed by atoms with Crippen molar-refractivity contribution in [2.45, 2.75) is 25.3 Å². The van der Waals surface area contributed by atoms with E-state index in [0.717, 1.165) is 13.0 Å². The van der Waals surface area contributed by atoms with Gasteiger partial charge in [0.25, 0.3) is 0 Å². The van der Waals surface area contributed by atoms with Crippen molar-refractivity contribution >= 4 is 18.0 Å². The maximum Gasteiger partial charge on any atom is 0.326 e. The number of amides is 2. The summed E-state index contributed by atoms with van der Waals surface area (Å²) in [5, 5.41) is 19.8. The third-order valence-electron chi connectivity index (χ3n) is 2.69. The van der Waals surface area contributed by atoms with Crippen LogP contribution in [0.4, 0.5) is 4.79 Å². The van der Waals surface area contributed by atoms with Crippen LogP contribution in [0.1, 0.15) is 19.3 Å². The van der Waals surface area contributed by atoms with Crippen molar-refractivity contribution in [2.75, 3.05) is 34.2 Å². The molecule has 2 amide bonds. The highest BCUT2D eigenvalue weighted by atomic mass is 16.4. The maximum atomic E-state index is 11.8. The summed E-state index contributed by atoms with van der Waals surface area (Å²) in [5.74, 6) is -2.33. The van der Waals surface area contributed by atoms with Gasteiger partial charge in [0, 0.05) is 20.0 Å². The first-order chi connectivity index (χ1) is 9.23. The smallest absolute Gasteiger partial charge is 0.326 e. The third-order valence-corrected chi connectivity index (χ3v) is 2.69. The molecule has 0 fully saturated rings. The summed E-state index contributed by atoms with van der Waals surface area (Å²) in [6, 6.07) is -1.70. The third kappa shape index (κ3) is 8.30. The highest BCUT2D eigenvalue weighted by Gasteiger charge is 2.22. The molecule has 1 atom stereocenters. The van der Waals surface area contributed by atoms with Crippen molar-refractivity contribution in [1.29, 1.82) is 0 Å². The first-order valence-corrected chi connectivity index (χ1v) is 6.35. The molecule has 116 valence electrons. The van der Waals surface area contributed by atoms with Crippen molar-refractivity contribution in [2.24, 2.45) is 0 Å². The van der Waals surface area contributed by atoms with Crippen LogP contribution in [0.3, 0.4) is 0 Å². The van der Waals surface area contributed by atoms with Crippen LogP contribution >= 0.6 is 0 Å². The number of carbonyl (C=O) groups is 3. The van der Waals surface area contributed by atoms with E-state index in [1.54, 1.807) is 7.05 Å². The molecule has 0 saturated heterocycles. The molecule has 0 radical (unpaired) electrons. The number of urea groups is 1. The summed E-state index contributed by atoms with van der Waals surface area (Å²) in [5.41, 5.74) is 0. The molecular formula is C12H23N3O5. The minimum absolute atomic E-state index is 0.137. The number of nitrogens with zero attached hydrogens (tertiary/aromatic N) is 2. The molecule has 0 saturated carbocycles. The first-order valence-electron chi connectivity index (χ1n) is 6.35. The highest BCUT2D eigenvalue weighted by molar-refractivity contribution is 5.82. The molecule has 0 heterocycles. The van der Waals surface area contributed by atoms with Crippen LogP contribution in [0.15, 0.2) is 0 Å². The van der Waals surface area contributed by atoms with Crippen molar-refractivity contribution in [3.8, 4) is 0 Å². The summed E-state index contributed by atoms with van der Waals surface area (Å²) < 4.78 is 0. The fourth-order valence-electron chi connectivity index (χ4n) is 1.51. The minimum Gasteiger partial charge on any atom is -0.481 e. The Balaban J connectivity index is 4.23. The molecule has 3 N–H and O–H groups in total. The van der Waals surface area contributed by atoms with Crippen LogP contribution in [0.5, 0.6) is 0 Å². The molecule has 0 aliphatic rings. The van der Waals surface area contributed by atoms with Crippen molar-refractivity contribution in [3.05, 3.63) is 0 Å². The average molecular weight is 289 g/mol. The van der Waals surface area contributed by atoms with Crippen molar-refractivity contribution < 1.29 is 24.6 Å². The van der Waals surface area contributed by atoms with Gasteiger partial charge in [0.2, 0.25) is 0 Å². The second-order valence-corrected chi connectivity index (χ2v) is 4.85. The number of carboxylic acids is 2. The van der Waals surface area contributed by atoms with Gasteiger partial charge in [-0.3, -0.25) is 4.79 Å². The second-order valence-electron chi connectivity index (χ2n) is 4.85. The topological polar surface area (TPSA) is 110 Å². The summed E-state index contributed by atoms with van der Waals surface area (Å²) in [4.78, 5) is 36.5. The summed E-state index contributed by atoms with van der Waals surface area (Å²) in [6.45, 7) is 1.31. The summed E-state index contributed by atoms with van der Waals surface area (Å²) in [6.07, 6.45) is 0.327. The number of carboxylic acid groups (broad SMARTS) is 2. The maximum absolute atomic E-state index is 11.8. The highest BCUT2D eigenvalue weighted by Crippen LogP contribution is 2.00. The van der Waals surface area contributed by atoms with Crippen LogP contribution in [0, 0.1) is 0 Å². The molecule has 0 aliphatic carbocycles. The Morgan fingerprint density at radius 3 is 2.15 bits per heavy atom. The number of nitrogens with one attached hydrogen (secondary N) is 1. The Bertz CT molecular complexity index is 346. The Morgan fingerprint density at radius 2 is 1.70 bits per heavy atom. The van der Waals surface area contributed by atoms with E-state index in [0.29, 0.717) is 6.54 Å². The molecule has 0 aromatic carbocycles. The van der Waals surface area contributed by atoms with Gasteiger partial charge in [-0.1, -0.05) is 0 Å². The van der Waals surface area contributed by atoms with Gasteiger partial charge in [0.05, 0.1) is 0 Å². The molecule has 0 spiro atoms. The van der Waals surface area contributed by atoms with Crippen molar-refractivity contribution in [3.63, 3.8) is 0 Å². The monoisotopic (exact) mass is 289 g/mol. The van der Waals surface area contributed by atoms with Gasteiger partial charge in [0.1, 0.15) is 6.04 Å². The minimum atomic E-state index is -1.23. The average Bonchev–Trinajstić information content (AvgIpc) is 2.32. The van der Waals surface area contributed by atoms with Gasteiger partial charge in [-0.25, -0.2) is 9.59 Å².